The van der Waals surface area contributed by atoms with E-state index in [1.54, 1.807) is 0 Å². The number of rotatable bonds is 21. The molecule has 3 aliphatic heterocycles. The minimum Gasteiger partial charge on any atom is -0.793 e. The first kappa shape index (κ1) is 64.3. The molecule has 2 fully saturated rings. The first-order valence-electron chi connectivity index (χ1n) is 25.5. The number of hydrogen-bond donors (Lipinski definition) is 0. The zero-order chi connectivity index (χ0) is 57.0. The Morgan fingerprint density at radius 2 is 0.812 bits per heavy atom. The second-order valence-electron chi connectivity index (χ2n) is 18.4. The van der Waals surface area contributed by atoms with Crippen LogP contribution in [0.15, 0.2) is 121 Å². The van der Waals surface area contributed by atoms with Gasteiger partial charge >= 0.3 is 64.2 Å². The summed E-state index contributed by atoms with van der Waals surface area (Å²) in [4.78, 5) is 89.6. The van der Waals surface area contributed by atoms with Crippen molar-refractivity contribution in [2.24, 2.45) is 0 Å². The van der Waals surface area contributed by atoms with E-state index in [2.05, 4.69) is 138 Å². The molecule has 0 bridgehead atoms. The molecule has 80 heavy (non-hydrogen) atoms. The number of carbonyl (C=O) groups excluding carboxylic acids is 7. The minimum atomic E-state index is -1.77. The summed E-state index contributed by atoms with van der Waals surface area (Å²) in [5.41, 5.74) is 7.52. The van der Waals surface area contributed by atoms with Crippen LogP contribution in [0.1, 0.15) is 77.1 Å². The molecule has 4 aromatic carbocycles. The van der Waals surface area contributed by atoms with Crippen LogP contribution in [-0.4, -0.2) is 139 Å². The fourth-order valence-electron chi connectivity index (χ4n) is 9.02. The average molecular weight is 1310 g/mol. The molecule has 0 radical (unpaired) electrons. The van der Waals surface area contributed by atoms with Crippen LogP contribution >= 0.6 is 0 Å². The third-order valence-electron chi connectivity index (χ3n) is 12.0. The van der Waals surface area contributed by atoms with Gasteiger partial charge in [-0.1, -0.05) is 128 Å². The van der Waals surface area contributed by atoms with E-state index in [-0.39, 0.29) is 29.0 Å². The fourth-order valence-corrected chi connectivity index (χ4v) is 9.14. The Morgan fingerprint density at radius 3 is 1.21 bits per heavy atom. The SMILES string of the molecule is CC(=O)OCC1OC(OC2C(COC(C)=O)OC(OCCC[S-])C(OC(C)=O)C2OC(C)=O)C(OC(C)=O)C(OC(C)=O)C1OC(C)=O.[Au+].c1ccc(CN2[CH-]N(Cc3ccccc3)C(c3ccccc3)=C2c2ccccc2)cc1. The maximum absolute atomic E-state index is 12.4. The Hall–Kier alpha value is -6.56. The van der Waals surface area contributed by atoms with E-state index in [1.807, 2.05) is 0 Å². The molecule has 4 aromatic rings. The van der Waals surface area contributed by atoms with Gasteiger partial charge in [-0.25, -0.2) is 0 Å². The molecular formula is C58H66AuN2O18S-. The van der Waals surface area contributed by atoms with Gasteiger partial charge in [0.25, 0.3) is 0 Å². The molecule has 10 unspecified atom stereocenters. The van der Waals surface area contributed by atoms with Crippen LogP contribution in [0, 0.1) is 6.67 Å². The summed E-state index contributed by atoms with van der Waals surface area (Å²) in [7, 11) is 0. The van der Waals surface area contributed by atoms with E-state index in [4.69, 9.17) is 64.7 Å². The third-order valence-corrected chi connectivity index (χ3v) is 12.3. The van der Waals surface area contributed by atoms with Crippen molar-refractivity contribution in [2.75, 3.05) is 25.6 Å². The van der Waals surface area contributed by atoms with Gasteiger partial charge in [-0.3, -0.25) is 33.6 Å². The predicted octanol–water partition coefficient (Wildman–Crippen LogP) is 6.21. The number of benzene rings is 4. The zero-order valence-electron chi connectivity index (χ0n) is 45.3. The molecule has 0 aromatic heterocycles. The molecule has 22 heteroatoms. The van der Waals surface area contributed by atoms with Crippen LogP contribution in [0.5, 0.6) is 0 Å². The molecule has 3 aliphatic rings. The largest absolute Gasteiger partial charge is 1.00 e. The first-order valence-corrected chi connectivity index (χ1v) is 26.1. The van der Waals surface area contributed by atoms with Gasteiger partial charge in [0.1, 0.15) is 31.5 Å². The topological polar surface area (TPSA) is 228 Å². The van der Waals surface area contributed by atoms with Crippen LogP contribution in [0.2, 0.25) is 0 Å². The van der Waals surface area contributed by atoms with Crippen molar-refractivity contribution in [1.29, 1.82) is 0 Å². The zero-order valence-corrected chi connectivity index (χ0v) is 48.3. The van der Waals surface area contributed by atoms with Gasteiger partial charge in [-0.05, 0) is 22.3 Å². The summed E-state index contributed by atoms with van der Waals surface area (Å²) in [6, 6.07) is 42.8. The minimum absolute atomic E-state index is 0. The number of esters is 7. The predicted molar refractivity (Wildman–Crippen MR) is 284 cm³/mol. The molecular weight excluding hydrogens is 1240 g/mol. The van der Waals surface area contributed by atoms with E-state index in [0.717, 1.165) is 61.6 Å². The van der Waals surface area contributed by atoms with Gasteiger partial charge < -0.3 is 74.5 Å². The summed E-state index contributed by atoms with van der Waals surface area (Å²) in [5.74, 6) is -5.46. The van der Waals surface area contributed by atoms with Gasteiger partial charge in [0.2, 0.25) is 0 Å². The number of carbonyl (C=O) groups is 7. The van der Waals surface area contributed by atoms with Crippen molar-refractivity contribution >= 4 is 65.8 Å². The van der Waals surface area contributed by atoms with Crippen molar-refractivity contribution in [3.63, 3.8) is 0 Å². The number of ether oxygens (including phenoxy) is 11. The van der Waals surface area contributed by atoms with E-state index >= 15 is 0 Å². The van der Waals surface area contributed by atoms with Crippen LogP contribution in [-0.2, 0) is 134 Å². The van der Waals surface area contributed by atoms with E-state index in [1.165, 1.54) is 33.6 Å². The molecule has 0 amide bonds. The van der Waals surface area contributed by atoms with Gasteiger partial charge in [-0.2, -0.15) is 12.4 Å². The van der Waals surface area contributed by atoms with Gasteiger partial charge in [0, 0.05) is 79.6 Å². The third kappa shape index (κ3) is 19.0. The summed E-state index contributed by atoms with van der Waals surface area (Å²) in [6.07, 6.45) is -14.8. The molecule has 2 saturated heterocycles. The molecule has 0 aliphatic carbocycles. The average Bonchev–Trinajstić information content (AvgIpc) is 3.89. The van der Waals surface area contributed by atoms with Crippen molar-refractivity contribution in [1.82, 2.24) is 9.80 Å². The van der Waals surface area contributed by atoms with Crippen LogP contribution < -0.4 is 0 Å². The monoisotopic (exact) mass is 1310 g/mol. The van der Waals surface area contributed by atoms with Crippen molar-refractivity contribution in [3.8, 4) is 0 Å². The second-order valence-corrected chi connectivity index (χ2v) is 18.8. The molecule has 434 valence electrons. The fraction of sp³-hybridized carbons (Fsp3) is 0.414. The van der Waals surface area contributed by atoms with Crippen molar-refractivity contribution < 1.29 is 108 Å². The summed E-state index contributed by atoms with van der Waals surface area (Å²) >= 11 is 4.96. The molecule has 0 N–H and O–H groups in total. The maximum Gasteiger partial charge on any atom is 1.00 e. The quantitative estimate of drug-likeness (QED) is 0.0226. The first-order chi connectivity index (χ1) is 37.9. The summed E-state index contributed by atoms with van der Waals surface area (Å²) in [5, 5.41) is 0. The molecule has 10 atom stereocenters. The second kappa shape index (κ2) is 32.0. The Morgan fingerprint density at radius 1 is 0.463 bits per heavy atom. The summed E-state index contributed by atoms with van der Waals surface area (Å²) < 4.78 is 61.7. The Kier molecular flexibility index (Phi) is 25.7. The van der Waals surface area contributed by atoms with Gasteiger partial charge in [-0.15, -0.1) is 0 Å². The van der Waals surface area contributed by atoms with E-state index < -0.39 is 116 Å². The van der Waals surface area contributed by atoms with E-state index in [0.29, 0.717) is 12.2 Å². The molecule has 3 heterocycles. The van der Waals surface area contributed by atoms with Gasteiger partial charge in [0.15, 0.2) is 43.1 Å². The van der Waals surface area contributed by atoms with Crippen LogP contribution in [0.3, 0.4) is 0 Å². The molecule has 0 spiro atoms. The number of hydrogen-bond acceptors (Lipinski definition) is 21. The van der Waals surface area contributed by atoms with Crippen LogP contribution in [0.25, 0.3) is 11.4 Å². The van der Waals surface area contributed by atoms with E-state index in [9.17, 15) is 33.6 Å². The summed E-state index contributed by atoms with van der Waals surface area (Å²) in [6.45, 7) is 10.4. The Bertz CT molecular complexity index is 2600. The Balaban J connectivity index is 0.000000314. The van der Waals surface area contributed by atoms with Gasteiger partial charge in [0.05, 0.1) is 0 Å². The normalized spacial score (nSPS) is 23.2. The van der Waals surface area contributed by atoms with Crippen LogP contribution in [0.4, 0.5) is 0 Å². The molecule has 7 rings (SSSR count). The Labute approximate surface area is 486 Å². The smallest absolute Gasteiger partial charge is 0.793 e. The maximum atomic E-state index is 12.4. The molecule has 0 saturated carbocycles. The molecule has 20 nitrogen and oxygen atoms in total. The van der Waals surface area contributed by atoms with Crippen molar-refractivity contribution in [3.05, 3.63) is 150 Å². The standard InChI is InChI=1S/C29H25N2.C29H42O18S.Au/c1-5-13-24(14-6-1)21-30-23-31(22-25-15-7-2-8-16-25)29(27-19-11-4-12-20-27)28(30)26-17-9-3-10-18-26;1-13(30)38-11-20-22(40-15(3)32)24(41-16(4)33)27(44-19(7)36)29(46-20)47-23-21(12-39-14(2)31)45-28(37-9-8-10-48)26(43-18(6)35)25(23)42-17(5)34;/h1-20,23H,21-22H2;20-29,48H,8-12H2,1-7H3;/q-1;;+1/p-1. The number of nitrogens with zero attached hydrogens (tertiary/aromatic N) is 2. The van der Waals surface area contributed by atoms with Crippen molar-refractivity contribution in [2.45, 2.75) is 129 Å².